The number of phenolic OH excluding ortho intramolecular Hbond substituents is 1. The number of H-pyrrole nitrogens is 1. The molecular weight excluding hydrogens is 356 g/mol. The number of rotatable bonds is 4. The van der Waals surface area contributed by atoms with Gasteiger partial charge in [0.05, 0.1) is 23.8 Å². The number of anilines is 2. The number of aromatic nitrogens is 7. The van der Waals surface area contributed by atoms with E-state index in [-0.39, 0.29) is 5.75 Å². The lowest BCUT2D eigenvalue weighted by molar-refractivity contribution is 0.477. The summed E-state index contributed by atoms with van der Waals surface area (Å²) in [7, 11) is 1.88. The van der Waals surface area contributed by atoms with Crippen molar-refractivity contribution in [3.8, 4) is 28.3 Å². The van der Waals surface area contributed by atoms with Gasteiger partial charge in [-0.25, -0.2) is 9.97 Å². The minimum Gasteiger partial charge on any atom is -0.507 e. The van der Waals surface area contributed by atoms with Gasteiger partial charge in [-0.15, -0.1) is 0 Å². The van der Waals surface area contributed by atoms with Crippen molar-refractivity contribution in [2.24, 2.45) is 7.05 Å². The smallest absolute Gasteiger partial charge is 0.180 e. The number of benzene rings is 1. The second-order valence-electron chi connectivity index (χ2n) is 6.33. The first kappa shape index (κ1) is 16.1. The summed E-state index contributed by atoms with van der Waals surface area (Å²) in [5.41, 5.74) is 4.64. The van der Waals surface area contributed by atoms with Gasteiger partial charge in [0.1, 0.15) is 5.75 Å². The van der Waals surface area contributed by atoms with Gasteiger partial charge >= 0.3 is 0 Å². The standard InChI is InChI=1S/C19H16N8O/c1-26-11-12(9-23-26)16-10-21-19-18(20-6-7-27(16)19)24-13-2-3-17(28)14(8-13)15-4-5-22-25-15/h2-11,28H,1H3,(H,20,24)(H,22,25). The minimum absolute atomic E-state index is 0.156. The van der Waals surface area contributed by atoms with Crippen LogP contribution in [0.2, 0.25) is 0 Å². The van der Waals surface area contributed by atoms with Crippen molar-refractivity contribution >= 4 is 17.2 Å². The maximum absolute atomic E-state index is 10.2. The van der Waals surface area contributed by atoms with Crippen molar-refractivity contribution in [2.75, 3.05) is 5.32 Å². The van der Waals surface area contributed by atoms with Crippen molar-refractivity contribution in [3.63, 3.8) is 0 Å². The predicted octanol–water partition coefficient (Wildman–Crippen LogP) is 2.97. The molecule has 1 aromatic carbocycles. The summed E-state index contributed by atoms with van der Waals surface area (Å²) in [5, 5.41) is 24.5. The molecule has 0 saturated heterocycles. The molecule has 5 rings (SSSR count). The molecule has 0 amide bonds. The van der Waals surface area contributed by atoms with Gasteiger partial charge < -0.3 is 10.4 Å². The molecule has 28 heavy (non-hydrogen) atoms. The van der Waals surface area contributed by atoms with Crippen LogP contribution in [-0.4, -0.2) is 39.5 Å². The zero-order valence-corrected chi connectivity index (χ0v) is 14.9. The second-order valence-corrected chi connectivity index (χ2v) is 6.33. The van der Waals surface area contributed by atoms with E-state index in [0.717, 1.165) is 16.9 Å². The molecule has 0 spiro atoms. The Hall–Kier alpha value is -4.14. The molecule has 138 valence electrons. The summed E-state index contributed by atoms with van der Waals surface area (Å²) in [5.74, 6) is 0.764. The number of nitrogens with one attached hydrogen (secondary N) is 2. The molecule has 3 N–H and O–H groups in total. The zero-order chi connectivity index (χ0) is 19.1. The molecule has 0 saturated carbocycles. The topological polar surface area (TPSA) is 109 Å². The highest BCUT2D eigenvalue weighted by Crippen LogP contribution is 2.32. The van der Waals surface area contributed by atoms with Crippen molar-refractivity contribution in [1.29, 1.82) is 0 Å². The second kappa shape index (κ2) is 6.23. The van der Waals surface area contributed by atoms with Crippen molar-refractivity contribution < 1.29 is 5.11 Å². The molecule has 4 aromatic heterocycles. The Bertz CT molecular complexity index is 1270. The van der Waals surface area contributed by atoms with Gasteiger partial charge in [0.25, 0.3) is 0 Å². The van der Waals surface area contributed by atoms with E-state index in [0.29, 0.717) is 22.7 Å². The van der Waals surface area contributed by atoms with Gasteiger partial charge in [0.15, 0.2) is 11.5 Å². The van der Waals surface area contributed by atoms with Crippen LogP contribution >= 0.6 is 0 Å². The van der Waals surface area contributed by atoms with Crippen LogP contribution in [0.1, 0.15) is 0 Å². The van der Waals surface area contributed by atoms with Gasteiger partial charge in [-0.3, -0.25) is 14.2 Å². The van der Waals surface area contributed by atoms with E-state index in [1.54, 1.807) is 47.7 Å². The molecule has 9 nitrogen and oxygen atoms in total. The lowest BCUT2D eigenvalue weighted by Gasteiger charge is -2.09. The minimum atomic E-state index is 0.156. The average molecular weight is 372 g/mol. The van der Waals surface area contributed by atoms with Gasteiger partial charge in [-0.1, -0.05) is 0 Å². The first-order valence-electron chi connectivity index (χ1n) is 8.60. The van der Waals surface area contributed by atoms with Gasteiger partial charge in [-0.05, 0) is 24.3 Å². The number of aryl methyl sites for hydroxylation is 1. The zero-order valence-electron chi connectivity index (χ0n) is 14.9. The number of aromatic amines is 1. The Morgan fingerprint density at radius 2 is 2.07 bits per heavy atom. The number of hydrogen-bond donors (Lipinski definition) is 3. The quantitative estimate of drug-likeness (QED) is 0.419. The number of imidazole rings is 1. The Kier molecular flexibility index (Phi) is 3.58. The third-order valence-electron chi connectivity index (χ3n) is 4.46. The fraction of sp³-hybridized carbons (Fsp3) is 0.0526. The van der Waals surface area contributed by atoms with Crippen LogP contribution in [-0.2, 0) is 7.05 Å². The fourth-order valence-electron chi connectivity index (χ4n) is 3.14. The highest BCUT2D eigenvalue weighted by Gasteiger charge is 2.13. The summed E-state index contributed by atoms with van der Waals surface area (Å²) in [6.45, 7) is 0. The summed E-state index contributed by atoms with van der Waals surface area (Å²) in [4.78, 5) is 8.95. The summed E-state index contributed by atoms with van der Waals surface area (Å²) >= 11 is 0. The first-order valence-corrected chi connectivity index (χ1v) is 8.60. The molecule has 0 radical (unpaired) electrons. The lowest BCUT2D eigenvalue weighted by Crippen LogP contribution is -1.98. The van der Waals surface area contributed by atoms with E-state index < -0.39 is 0 Å². The summed E-state index contributed by atoms with van der Waals surface area (Å²) in [6, 6.07) is 7.02. The largest absolute Gasteiger partial charge is 0.507 e. The van der Waals surface area contributed by atoms with Gasteiger partial charge in [0.2, 0.25) is 0 Å². The van der Waals surface area contributed by atoms with Crippen LogP contribution in [0.25, 0.3) is 28.2 Å². The van der Waals surface area contributed by atoms with Gasteiger partial charge in [0, 0.05) is 48.6 Å². The molecule has 0 unspecified atom stereocenters. The number of phenols is 1. The van der Waals surface area contributed by atoms with Crippen LogP contribution in [0.3, 0.4) is 0 Å². The first-order chi connectivity index (χ1) is 13.7. The van der Waals surface area contributed by atoms with E-state index in [2.05, 4.69) is 30.6 Å². The average Bonchev–Trinajstić information content (AvgIpc) is 3.43. The van der Waals surface area contributed by atoms with Crippen LogP contribution in [0.5, 0.6) is 5.75 Å². The van der Waals surface area contributed by atoms with E-state index in [1.807, 2.05) is 29.9 Å². The van der Waals surface area contributed by atoms with Gasteiger partial charge in [-0.2, -0.15) is 10.2 Å². The Balaban J connectivity index is 1.54. The Labute approximate surface area is 159 Å². The molecule has 0 aliphatic rings. The summed E-state index contributed by atoms with van der Waals surface area (Å²) < 4.78 is 3.71. The van der Waals surface area contributed by atoms with E-state index in [9.17, 15) is 5.11 Å². The maximum atomic E-state index is 10.2. The highest BCUT2D eigenvalue weighted by atomic mass is 16.3. The molecule has 9 heteroatoms. The molecule has 0 fully saturated rings. The van der Waals surface area contributed by atoms with Crippen LogP contribution in [0, 0.1) is 0 Å². The lowest BCUT2D eigenvalue weighted by atomic mass is 10.1. The van der Waals surface area contributed by atoms with Crippen molar-refractivity contribution in [1.82, 2.24) is 34.3 Å². The Morgan fingerprint density at radius 1 is 1.14 bits per heavy atom. The van der Waals surface area contributed by atoms with Crippen LogP contribution in [0.4, 0.5) is 11.5 Å². The number of aromatic hydroxyl groups is 1. The highest BCUT2D eigenvalue weighted by molar-refractivity contribution is 5.77. The van der Waals surface area contributed by atoms with E-state index >= 15 is 0 Å². The monoisotopic (exact) mass is 372 g/mol. The maximum Gasteiger partial charge on any atom is 0.180 e. The SMILES string of the molecule is Cn1cc(-c2cnc3c(Nc4ccc(O)c(-c5cc[nH]n5)c4)nccn23)cn1. The number of fused-ring (bicyclic) bond motifs is 1. The fourth-order valence-corrected chi connectivity index (χ4v) is 3.14. The Morgan fingerprint density at radius 3 is 2.86 bits per heavy atom. The molecule has 4 heterocycles. The van der Waals surface area contributed by atoms with Crippen LogP contribution in [0.15, 0.2) is 61.4 Å². The molecule has 0 atom stereocenters. The number of nitrogens with zero attached hydrogens (tertiary/aromatic N) is 6. The van der Waals surface area contributed by atoms with Crippen molar-refractivity contribution in [2.45, 2.75) is 0 Å². The van der Waals surface area contributed by atoms with E-state index in [1.165, 1.54) is 0 Å². The molecule has 5 aromatic rings. The predicted molar refractivity (Wildman–Crippen MR) is 104 cm³/mol. The summed E-state index contributed by atoms with van der Waals surface area (Å²) in [6.07, 6.45) is 10.8. The molecule has 0 aliphatic heterocycles. The third-order valence-corrected chi connectivity index (χ3v) is 4.46. The normalized spacial score (nSPS) is 11.2. The van der Waals surface area contributed by atoms with Crippen LogP contribution < -0.4 is 5.32 Å². The molecule has 0 bridgehead atoms. The van der Waals surface area contributed by atoms with Crippen molar-refractivity contribution in [3.05, 3.63) is 61.4 Å². The number of hydrogen-bond acceptors (Lipinski definition) is 6. The van der Waals surface area contributed by atoms with E-state index in [4.69, 9.17) is 0 Å². The molecular formula is C19H16N8O. The molecule has 0 aliphatic carbocycles. The third kappa shape index (κ3) is 2.65.